The van der Waals surface area contributed by atoms with Crippen LogP contribution in [-0.2, 0) is 17.9 Å². The van der Waals surface area contributed by atoms with Gasteiger partial charge in [0, 0.05) is 51.6 Å². The number of amides is 1. The highest BCUT2D eigenvalue weighted by Crippen LogP contribution is 2.25. The fourth-order valence-corrected chi connectivity index (χ4v) is 3.85. The third-order valence-electron chi connectivity index (χ3n) is 5.48. The molecule has 1 amide bonds. The predicted octanol–water partition coefficient (Wildman–Crippen LogP) is 3.49. The number of nitrogens with zero attached hydrogens (tertiary/aromatic N) is 3. The lowest BCUT2D eigenvalue weighted by atomic mass is 10.1. The summed E-state index contributed by atoms with van der Waals surface area (Å²) < 4.78 is 0. The molecule has 2 aromatic rings. The standard InChI is InChI=1S/C24H34N4O/c1-26(2)22-13-11-20(12-14-22)17-25-24(29)19-27(3)18-21-9-5-6-10-23(21)28-15-7-4-8-16-28/h5-6,9-14H,4,7-8,15-19H2,1-3H3,(H,25,29). The van der Waals surface area contributed by atoms with Crippen molar-refractivity contribution in [3.63, 3.8) is 0 Å². The molecule has 1 aliphatic heterocycles. The topological polar surface area (TPSA) is 38.8 Å². The summed E-state index contributed by atoms with van der Waals surface area (Å²) in [6.07, 6.45) is 3.86. The Morgan fingerprint density at radius 2 is 1.66 bits per heavy atom. The van der Waals surface area contributed by atoms with Crippen LogP contribution in [0.3, 0.4) is 0 Å². The molecule has 156 valence electrons. The van der Waals surface area contributed by atoms with Gasteiger partial charge in [0.05, 0.1) is 6.54 Å². The molecule has 0 bridgehead atoms. The van der Waals surface area contributed by atoms with E-state index in [0.717, 1.165) is 30.9 Å². The van der Waals surface area contributed by atoms with Gasteiger partial charge in [0.15, 0.2) is 0 Å². The fourth-order valence-electron chi connectivity index (χ4n) is 3.85. The third kappa shape index (κ3) is 6.23. The first-order valence-corrected chi connectivity index (χ1v) is 10.6. The van der Waals surface area contributed by atoms with Crippen LogP contribution < -0.4 is 15.1 Å². The van der Waals surface area contributed by atoms with Gasteiger partial charge >= 0.3 is 0 Å². The van der Waals surface area contributed by atoms with Gasteiger partial charge in [0.25, 0.3) is 0 Å². The normalized spacial score (nSPS) is 14.1. The number of hydrogen-bond donors (Lipinski definition) is 1. The van der Waals surface area contributed by atoms with E-state index < -0.39 is 0 Å². The molecule has 1 saturated heterocycles. The van der Waals surface area contributed by atoms with Crippen molar-refractivity contribution in [2.45, 2.75) is 32.4 Å². The number of para-hydroxylation sites is 1. The largest absolute Gasteiger partial charge is 0.378 e. The van der Waals surface area contributed by atoms with Crippen LogP contribution in [0, 0.1) is 0 Å². The maximum Gasteiger partial charge on any atom is 0.234 e. The first kappa shape index (κ1) is 21.2. The van der Waals surface area contributed by atoms with Gasteiger partial charge in [0.1, 0.15) is 0 Å². The van der Waals surface area contributed by atoms with Gasteiger partial charge in [-0.3, -0.25) is 9.69 Å². The van der Waals surface area contributed by atoms with E-state index in [1.165, 1.54) is 30.5 Å². The lowest BCUT2D eigenvalue weighted by Crippen LogP contribution is -2.35. The number of likely N-dealkylation sites (N-methyl/N-ethyl adjacent to an activating group) is 1. The number of nitrogens with one attached hydrogen (secondary N) is 1. The number of benzene rings is 2. The molecule has 5 heteroatoms. The summed E-state index contributed by atoms with van der Waals surface area (Å²) in [5.74, 6) is 0.0552. The summed E-state index contributed by atoms with van der Waals surface area (Å²) in [7, 11) is 6.06. The minimum Gasteiger partial charge on any atom is -0.378 e. The molecule has 5 nitrogen and oxygen atoms in total. The highest BCUT2D eigenvalue weighted by Gasteiger charge is 2.15. The third-order valence-corrected chi connectivity index (χ3v) is 5.48. The van der Waals surface area contributed by atoms with Gasteiger partial charge in [0.2, 0.25) is 5.91 Å². The van der Waals surface area contributed by atoms with Gasteiger partial charge in [-0.15, -0.1) is 0 Å². The highest BCUT2D eigenvalue weighted by molar-refractivity contribution is 5.78. The molecule has 0 radical (unpaired) electrons. The SMILES string of the molecule is CN(CC(=O)NCc1ccc(N(C)C)cc1)Cc1ccccc1N1CCCCC1. The second kappa shape index (κ2) is 10.3. The Labute approximate surface area is 175 Å². The van der Waals surface area contributed by atoms with E-state index in [0.29, 0.717) is 13.1 Å². The van der Waals surface area contributed by atoms with Crippen LogP contribution in [0.4, 0.5) is 11.4 Å². The van der Waals surface area contributed by atoms with Crippen molar-refractivity contribution in [2.75, 3.05) is 50.6 Å². The van der Waals surface area contributed by atoms with E-state index >= 15 is 0 Å². The van der Waals surface area contributed by atoms with Crippen molar-refractivity contribution in [3.8, 4) is 0 Å². The first-order chi connectivity index (χ1) is 14.0. The van der Waals surface area contributed by atoms with Crippen molar-refractivity contribution in [1.29, 1.82) is 0 Å². The van der Waals surface area contributed by atoms with Crippen molar-refractivity contribution < 1.29 is 4.79 Å². The van der Waals surface area contributed by atoms with Crippen molar-refractivity contribution in [2.24, 2.45) is 0 Å². The number of carbonyl (C=O) groups excluding carboxylic acids is 1. The average molecular weight is 395 g/mol. The number of piperidine rings is 1. The van der Waals surface area contributed by atoms with Crippen LogP contribution in [0.1, 0.15) is 30.4 Å². The molecule has 29 heavy (non-hydrogen) atoms. The Morgan fingerprint density at radius 3 is 2.34 bits per heavy atom. The highest BCUT2D eigenvalue weighted by atomic mass is 16.2. The minimum atomic E-state index is 0.0552. The Kier molecular flexibility index (Phi) is 7.53. The molecule has 1 aliphatic rings. The maximum atomic E-state index is 12.4. The number of anilines is 2. The summed E-state index contributed by atoms with van der Waals surface area (Å²) in [4.78, 5) is 19.1. The molecule has 1 fully saturated rings. The zero-order valence-corrected chi connectivity index (χ0v) is 18.0. The molecule has 2 aromatic carbocycles. The predicted molar refractivity (Wildman–Crippen MR) is 121 cm³/mol. The van der Waals surface area contributed by atoms with Crippen LogP contribution in [0.5, 0.6) is 0 Å². The Hall–Kier alpha value is -2.53. The molecule has 0 aromatic heterocycles. The average Bonchev–Trinajstić information content (AvgIpc) is 2.73. The molecule has 0 saturated carbocycles. The molecule has 1 heterocycles. The van der Waals surface area contributed by atoms with E-state index in [9.17, 15) is 4.79 Å². The van der Waals surface area contributed by atoms with Crippen molar-refractivity contribution in [3.05, 3.63) is 59.7 Å². The zero-order chi connectivity index (χ0) is 20.6. The molecule has 0 unspecified atom stereocenters. The van der Waals surface area contributed by atoms with E-state index in [1.54, 1.807) is 0 Å². The summed E-state index contributed by atoms with van der Waals surface area (Å²) >= 11 is 0. The van der Waals surface area contributed by atoms with Crippen molar-refractivity contribution >= 4 is 17.3 Å². The monoisotopic (exact) mass is 394 g/mol. The number of rotatable bonds is 8. The van der Waals surface area contributed by atoms with Crippen LogP contribution in [0.15, 0.2) is 48.5 Å². The first-order valence-electron chi connectivity index (χ1n) is 10.6. The Bertz CT molecular complexity index is 782. The lowest BCUT2D eigenvalue weighted by Gasteiger charge is -2.31. The number of hydrogen-bond acceptors (Lipinski definition) is 4. The van der Waals surface area contributed by atoms with Gasteiger partial charge < -0.3 is 15.1 Å². The summed E-state index contributed by atoms with van der Waals surface area (Å²) in [5, 5.41) is 3.04. The summed E-state index contributed by atoms with van der Waals surface area (Å²) in [6.45, 7) is 3.99. The molecule has 0 aliphatic carbocycles. The van der Waals surface area contributed by atoms with Gasteiger partial charge in [-0.2, -0.15) is 0 Å². The number of carbonyl (C=O) groups is 1. The second-order valence-corrected chi connectivity index (χ2v) is 8.19. The maximum absolute atomic E-state index is 12.4. The van der Waals surface area contributed by atoms with E-state index in [-0.39, 0.29) is 5.91 Å². The van der Waals surface area contributed by atoms with Crippen molar-refractivity contribution in [1.82, 2.24) is 10.2 Å². The van der Waals surface area contributed by atoms with Crippen LogP contribution in [0.25, 0.3) is 0 Å². The van der Waals surface area contributed by atoms with Gasteiger partial charge in [-0.1, -0.05) is 30.3 Å². The zero-order valence-electron chi connectivity index (χ0n) is 18.0. The van der Waals surface area contributed by atoms with Crippen LogP contribution >= 0.6 is 0 Å². The van der Waals surface area contributed by atoms with Crippen LogP contribution in [-0.4, -0.2) is 51.6 Å². The molecular weight excluding hydrogens is 360 g/mol. The molecule has 0 spiro atoms. The van der Waals surface area contributed by atoms with Gasteiger partial charge in [-0.25, -0.2) is 0 Å². The van der Waals surface area contributed by atoms with Crippen LogP contribution in [0.2, 0.25) is 0 Å². The molecular formula is C24H34N4O. The van der Waals surface area contributed by atoms with Gasteiger partial charge in [-0.05, 0) is 55.6 Å². The molecule has 0 atom stereocenters. The fraction of sp³-hybridized carbons (Fsp3) is 0.458. The summed E-state index contributed by atoms with van der Waals surface area (Å²) in [6, 6.07) is 16.9. The molecule has 1 N–H and O–H groups in total. The molecule has 3 rings (SSSR count). The Morgan fingerprint density at radius 1 is 0.966 bits per heavy atom. The van der Waals surface area contributed by atoms with E-state index in [1.807, 2.05) is 21.1 Å². The van der Waals surface area contributed by atoms with E-state index in [2.05, 4.69) is 68.5 Å². The minimum absolute atomic E-state index is 0.0552. The lowest BCUT2D eigenvalue weighted by molar-refractivity contribution is -0.122. The summed E-state index contributed by atoms with van der Waals surface area (Å²) in [5.41, 5.74) is 4.89. The Balaban J connectivity index is 1.50. The van der Waals surface area contributed by atoms with E-state index in [4.69, 9.17) is 0 Å². The quantitative estimate of drug-likeness (QED) is 0.744. The smallest absolute Gasteiger partial charge is 0.234 e. The second-order valence-electron chi connectivity index (χ2n) is 8.19.